The molecule has 0 saturated carbocycles. The number of aromatic nitrogens is 4. The Morgan fingerprint density at radius 2 is 2.03 bits per heavy atom. The van der Waals surface area contributed by atoms with E-state index in [1.165, 1.54) is 19.2 Å². The number of nitriles is 1. The van der Waals surface area contributed by atoms with Crippen molar-refractivity contribution in [1.29, 1.82) is 5.26 Å². The number of rotatable bonds is 3. The molecule has 9 nitrogen and oxygen atoms in total. The van der Waals surface area contributed by atoms with E-state index in [1.807, 2.05) is 19.1 Å². The van der Waals surface area contributed by atoms with Gasteiger partial charge < -0.3 is 16.8 Å². The minimum absolute atomic E-state index is 0.0187. The van der Waals surface area contributed by atoms with Crippen molar-refractivity contribution in [2.24, 2.45) is 0 Å². The fourth-order valence-electron chi connectivity index (χ4n) is 3.56. The summed E-state index contributed by atoms with van der Waals surface area (Å²) in [6.45, 7) is 3.74. The van der Waals surface area contributed by atoms with Gasteiger partial charge in [0, 0.05) is 19.0 Å². The van der Waals surface area contributed by atoms with Gasteiger partial charge in [0.15, 0.2) is 0 Å². The summed E-state index contributed by atoms with van der Waals surface area (Å²) < 4.78 is 1.80. The van der Waals surface area contributed by atoms with Crippen LogP contribution in [0.1, 0.15) is 37.6 Å². The maximum atomic E-state index is 12.8. The van der Waals surface area contributed by atoms with Gasteiger partial charge in [-0.2, -0.15) is 5.26 Å². The standard InChI is InChI=1S/C16H20ClN3O.C5H5N5/c1-2-14-19-13-8-5-7-12(17)15(13)16(21)20(14)10-11-6-3-4-9-18-11;6-1-3-4(7)9-2-10-5(3)8/h5,7-8,11,18H,2-4,6,9-10H2,1H3;2H,(H4,7,8,9,10). The van der Waals surface area contributed by atoms with E-state index >= 15 is 0 Å². The predicted molar refractivity (Wildman–Crippen MR) is 122 cm³/mol. The van der Waals surface area contributed by atoms with Crippen LogP contribution in [-0.4, -0.2) is 32.1 Å². The molecule has 0 bridgehead atoms. The first-order valence-electron chi connectivity index (χ1n) is 10.1. The number of nitrogens with one attached hydrogen (secondary N) is 1. The summed E-state index contributed by atoms with van der Waals surface area (Å²) in [5.74, 6) is 1.08. The molecule has 1 atom stereocenters. The molecule has 0 aliphatic carbocycles. The van der Waals surface area contributed by atoms with E-state index in [1.54, 1.807) is 16.7 Å². The Hall–Kier alpha value is -3.22. The molecule has 1 aliphatic heterocycles. The van der Waals surface area contributed by atoms with Crippen molar-refractivity contribution < 1.29 is 0 Å². The lowest BCUT2D eigenvalue weighted by Gasteiger charge is -2.25. The number of hydrogen-bond donors (Lipinski definition) is 3. The first kappa shape index (κ1) is 22.5. The van der Waals surface area contributed by atoms with Crippen LogP contribution < -0.4 is 22.3 Å². The molecule has 0 radical (unpaired) electrons. The number of fused-ring (bicyclic) bond motifs is 1. The Kier molecular flexibility index (Phi) is 7.39. The predicted octanol–water partition coefficient (Wildman–Crippen LogP) is 2.27. The molecule has 1 fully saturated rings. The number of nitrogen functional groups attached to an aromatic ring is 2. The fourth-order valence-corrected chi connectivity index (χ4v) is 3.81. The molecule has 1 aliphatic rings. The van der Waals surface area contributed by atoms with Crippen molar-refractivity contribution in [3.8, 4) is 6.07 Å². The van der Waals surface area contributed by atoms with Gasteiger partial charge in [0.05, 0.1) is 15.9 Å². The van der Waals surface area contributed by atoms with E-state index < -0.39 is 0 Å². The number of nitrogens with two attached hydrogens (primary N) is 2. The zero-order chi connectivity index (χ0) is 22.4. The summed E-state index contributed by atoms with van der Waals surface area (Å²) in [5, 5.41) is 12.9. The Morgan fingerprint density at radius 3 is 2.61 bits per heavy atom. The first-order valence-corrected chi connectivity index (χ1v) is 10.5. The minimum Gasteiger partial charge on any atom is -0.382 e. The van der Waals surface area contributed by atoms with Gasteiger partial charge in [0.2, 0.25) is 0 Å². The molecule has 162 valence electrons. The summed E-state index contributed by atoms with van der Waals surface area (Å²) in [5.41, 5.74) is 11.4. The van der Waals surface area contributed by atoms with E-state index in [0.29, 0.717) is 28.5 Å². The summed E-state index contributed by atoms with van der Waals surface area (Å²) >= 11 is 6.20. The second-order valence-electron chi connectivity index (χ2n) is 7.21. The number of hydrogen-bond acceptors (Lipinski definition) is 8. The SMILES string of the molecule is CCc1nc2cccc(Cl)c2c(=O)n1CC1CCCCN1.N#Cc1c(N)ncnc1N. The van der Waals surface area contributed by atoms with Crippen molar-refractivity contribution in [1.82, 2.24) is 24.8 Å². The quantitative estimate of drug-likeness (QED) is 0.561. The summed E-state index contributed by atoms with van der Waals surface area (Å²) in [4.78, 5) is 24.6. The molecule has 4 rings (SSSR count). The van der Waals surface area contributed by atoms with E-state index in [0.717, 1.165) is 25.2 Å². The van der Waals surface area contributed by atoms with Crippen LogP contribution >= 0.6 is 11.6 Å². The van der Waals surface area contributed by atoms with Gasteiger partial charge in [0.25, 0.3) is 5.56 Å². The number of nitrogens with zero attached hydrogens (tertiary/aromatic N) is 5. The second kappa shape index (κ2) is 10.2. The Bertz CT molecular complexity index is 1140. The molecule has 0 spiro atoms. The van der Waals surface area contributed by atoms with E-state index in [2.05, 4.69) is 20.3 Å². The molecule has 0 amide bonds. The van der Waals surface area contributed by atoms with Gasteiger partial charge in [-0.05, 0) is 31.5 Å². The third kappa shape index (κ3) is 5.10. The van der Waals surface area contributed by atoms with Gasteiger partial charge >= 0.3 is 0 Å². The van der Waals surface area contributed by atoms with E-state index in [9.17, 15) is 4.79 Å². The molecule has 3 aromatic rings. The van der Waals surface area contributed by atoms with Crippen molar-refractivity contribution in [3.05, 3.63) is 51.3 Å². The lowest BCUT2D eigenvalue weighted by atomic mass is 10.0. The highest BCUT2D eigenvalue weighted by Crippen LogP contribution is 2.19. The van der Waals surface area contributed by atoms with Gasteiger partial charge in [0.1, 0.15) is 35.4 Å². The molecule has 2 aromatic heterocycles. The molecular formula is C21H25ClN8O. The van der Waals surface area contributed by atoms with Gasteiger partial charge in [-0.25, -0.2) is 15.0 Å². The zero-order valence-corrected chi connectivity index (χ0v) is 18.1. The van der Waals surface area contributed by atoms with Crippen LogP contribution in [0.3, 0.4) is 0 Å². The normalized spacial score (nSPS) is 15.7. The van der Waals surface area contributed by atoms with Crippen LogP contribution in [0.25, 0.3) is 10.9 Å². The van der Waals surface area contributed by atoms with E-state index in [4.69, 9.17) is 28.3 Å². The van der Waals surface area contributed by atoms with E-state index in [-0.39, 0.29) is 22.8 Å². The van der Waals surface area contributed by atoms with Crippen molar-refractivity contribution in [3.63, 3.8) is 0 Å². The molecule has 5 N–H and O–H groups in total. The highest BCUT2D eigenvalue weighted by Gasteiger charge is 2.18. The number of anilines is 2. The molecule has 1 unspecified atom stereocenters. The molecule has 3 heterocycles. The second-order valence-corrected chi connectivity index (χ2v) is 7.62. The van der Waals surface area contributed by atoms with Crippen LogP contribution in [-0.2, 0) is 13.0 Å². The third-order valence-electron chi connectivity index (χ3n) is 5.16. The number of halogens is 1. The van der Waals surface area contributed by atoms with Crippen LogP contribution in [0, 0.1) is 11.3 Å². The van der Waals surface area contributed by atoms with Crippen LogP contribution in [0.15, 0.2) is 29.3 Å². The molecule has 10 heteroatoms. The highest BCUT2D eigenvalue weighted by atomic mass is 35.5. The Balaban J connectivity index is 0.000000229. The zero-order valence-electron chi connectivity index (χ0n) is 17.3. The Morgan fingerprint density at radius 1 is 1.29 bits per heavy atom. The topological polar surface area (TPSA) is 149 Å². The summed E-state index contributed by atoms with van der Waals surface area (Å²) in [6, 6.07) is 7.58. The number of benzene rings is 1. The molecule has 31 heavy (non-hydrogen) atoms. The number of aryl methyl sites for hydroxylation is 1. The van der Waals surface area contributed by atoms with Crippen LogP contribution in [0.5, 0.6) is 0 Å². The maximum Gasteiger partial charge on any atom is 0.262 e. The maximum absolute atomic E-state index is 12.8. The van der Waals surface area contributed by atoms with Gasteiger partial charge in [-0.1, -0.05) is 31.0 Å². The highest BCUT2D eigenvalue weighted by molar-refractivity contribution is 6.35. The van der Waals surface area contributed by atoms with Crippen molar-refractivity contribution in [2.45, 2.75) is 45.2 Å². The largest absolute Gasteiger partial charge is 0.382 e. The smallest absolute Gasteiger partial charge is 0.262 e. The summed E-state index contributed by atoms with van der Waals surface area (Å²) in [6.07, 6.45) is 5.50. The summed E-state index contributed by atoms with van der Waals surface area (Å²) in [7, 11) is 0. The fraction of sp³-hybridized carbons (Fsp3) is 0.381. The van der Waals surface area contributed by atoms with Gasteiger partial charge in [-0.3, -0.25) is 9.36 Å². The third-order valence-corrected chi connectivity index (χ3v) is 5.48. The number of piperidine rings is 1. The van der Waals surface area contributed by atoms with Crippen LogP contribution in [0.2, 0.25) is 5.02 Å². The minimum atomic E-state index is -0.0187. The average Bonchev–Trinajstić information content (AvgIpc) is 2.77. The first-order chi connectivity index (χ1) is 15.0. The Labute approximate surface area is 185 Å². The molecule has 1 aromatic carbocycles. The lowest BCUT2D eigenvalue weighted by molar-refractivity contribution is 0.355. The molecular weight excluding hydrogens is 416 g/mol. The molecule has 1 saturated heterocycles. The van der Waals surface area contributed by atoms with Crippen molar-refractivity contribution >= 4 is 34.1 Å². The van der Waals surface area contributed by atoms with Crippen molar-refractivity contribution in [2.75, 3.05) is 18.0 Å². The average molecular weight is 441 g/mol. The monoisotopic (exact) mass is 440 g/mol. The lowest BCUT2D eigenvalue weighted by Crippen LogP contribution is -2.41. The van der Waals surface area contributed by atoms with Gasteiger partial charge in [-0.15, -0.1) is 0 Å². The van der Waals surface area contributed by atoms with Crippen LogP contribution in [0.4, 0.5) is 11.6 Å².